The van der Waals surface area contributed by atoms with E-state index in [-0.39, 0.29) is 5.41 Å². The van der Waals surface area contributed by atoms with Crippen LogP contribution in [0.4, 0.5) is 11.6 Å². The maximum atomic E-state index is 5.55. The number of hydrogen-bond donors (Lipinski definition) is 2. The second-order valence-electron chi connectivity index (χ2n) is 6.79. The molecule has 6 nitrogen and oxygen atoms in total. The molecule has 0 bridgehead atoms. The first-order chi connectivity index (χ1) is 9.90. The molecule has 2 heterocycles. The van der Waals surface area contributed by atoms with Gasteiger partial charge in [0.25, 0.3) is 0 Å². The van der Waals surface area contributed by atoms with Gasteiger partial charge in [0.1, 0.15) is 17.5 Å². The van der Waals surface area contributed by atoms with Gasteiger partial charge in [0.2, 0.25) is 0 Å². The van der Waals surface area contributed by atoms with Crippen molar-refractivity contribution in [2.24, 2.45) is 11.8 Å². The third-order valence-corrected chi connectivity index (χ3v) is 3.71. The third kappa shape index (κ3) is 4.28. The molecule has 118 valence electrons. The van der Waals surface area contributed by atoms with Crippen molar-refractivity contribution in [3.8, 4) is 0 Å². The number of aromatic nitrogens is 2. The lowest BCUT2D eigenvalue weighted by Crippen LogP contribution is -2.32. The zero-order chi connectivity index (χ0) is 15.5. The van der Waals surface area contributed by atoms with Crippen LogP contribution in [0.3, 0.4) is 0 Å². The van der Waals surface area contributed by atoms with Crippen molar-refractivity contribution in [3.05, 3.63) is 11.9 Å². The molecule has 1 aromatic rings. The molecule has 1 aromatic heterocycles. The van der Waals surface area contributed by atoms with Gasteiger partial charge in [-0.05, 0) is 18.8 Å². The van der Waals surface area contributed by atoms with E-state index in [9.17, 15) is 0 Å². The monoisotopic (exact) mass is 293 g/mol. The lowest BCUT2D eigenvalue weighted by molar-refractivity contribution is 0.0576. The van der Waals surface area contributed by atoms with Crippen LogP contribution in [0.2, 0.25) is 0 Å². The molecule has 0 amide bonds. The van der Waals surface area contributed by atoms with Crippen LogP contribution in [0.15, 0.2) is 6.07 Å². The highest BCUT2D eigenvalue weighted by Gasteiger charge is 2.21. The minimum atomic E-state index is -0.115. The summed E-state index contributed by atoms with van der Waals surface area (Å²) >= 11 is 0. The average Bonchev–Trinajstić information content (AvgIpc) is 2.46. The average molecular weight is 293 g/mol. The van der Waals surface area contributed by atoms with Crippen LogP contribution >= 0.6 is 0 Å². The molecule has 0 aliphatic carbocycles. The Morgan fingerprint density at radius 1 is 1.43 bits per heavy atom. The van der Waals surface area contributed by atoms with Crippen molar-refractivity contribution in [1.29, 1.82) is 0 Å². The molecule has 0 saturated carbocycles. The van der Waals surface area contributed by atoms with Gasteiger partial charge in [-0.1, -0.05) is 20.8 Å². The predicted octanol–water partition coefficient (Wildman–Crippen LogP) is 1.92. The summed E-state index contributed by atoms with van der Waals surface area (Å²) in [7, 11) is 2.06. The molecule has 1 aliphatic rings. The number of nitrogen functional groups attached to an aromatic ring is 1. The van der Waals surface area contributed by atoms with Crippen molar-refractivity contribution < 1.29 is 4.74 Å². The number of rotatable bonds is 4. The summed E-state index contributed by atoms with van der Waals surface area (Å²) in [6.07, 6.45) is 2.36. The fourth-order valence-electron chi connectivity index (χ4n) is 2.47. The second-order valence-corrected chi connectivity index (χ2v) is 6.79. The van der Waals surface area contributed by atoms with Crippen LogP contribution in [0.5, 0.6) is 0 Å². The maximum Gasteiger partial charge on any atom is 0.145 e. The summed E-state index contributed by atoms with van der Waals surface area (Å²) in [6.45, 7) is 8.96. The van der Waals surface area contributed by atoms with Crippen LogP contribution in [0.25, 0.3) is 0 Å². The van der Waals surface area contributed by atoms with Crippen molar-refractivity contribution in [2.75, 3.05) is 37.1 Å². The summed E-state index contributed by atoms with van der Waals surface area (Å²) in [5.41, 5.74) is 2.52. The number of ether oxygens (including phenoxy) is 1. The predicted molar refractivity (Wildman–Crippen MR) is 85.4 cm³/mol. The van der Waals surface area contributed by atoms with Gasteiger partial charge in [0, 0.05) is 31.7 Å². The highest BCUT2D eigenvalue weighted by atomic mass is 16.5. The van der Waals surface area contributed by atoms with Gasteiger partial charge < -0.3 is 15.1 Å². The fraction of sp³-hybridized carbons (Fsp3) is 0.733. The first-order valence-corrected chi connectivity index (χ1v) is 7.55. The minimum Gasteiger partial charge on any atom is -0.381 e. The van der Waals surface area contributed by atoms with E-state index in [4.69, 9.17) is 15.6 Å². The molecule has 21 heavy (non-hydrogen) atoms. The Hall–Kier alpha value is -1.40. The molecule has 3 N–H and O–H groups in total. The molecule has 1 aliphatic heterocycles. The topological polar surface area (TPSA) is 76.3 Å². The van der Waals surface area contributed by atoms with E-state index in [1.165, 1.54) is 6.42 Å². The zero-order valence-corrected chi connectivity index (χ0v) is 13.5. The van der Waals surface area contributed by atoms with Gasteiger partial charge in [0.15, 0.2) is 0 Å². The van der Waals surface area contributed by atoms with Crippen molar-refractivity contribution >= 4 is 11.6 Å². The van der Waals surface area contributed by atoms with Gasteiger partial charge in [-0.2, -0.15) is 0 Å². The number of hydrogen-bond acceptors (Lipinski definition) is 6. The quantitative estimate of drug-likeness (QED) is 0.652. The number of nitrogens with one attached hydrogen (secondary N) is 1. The highest BCUT2D eigenvalue weighted by molar-refractivity contribution is 5.49. The molecule has 1 saturated heterocycles. The number of anilines is 2. The van der Waals surface area contributed by atoms with Crippen LogP contribution in [0.1, 0.15) is 39.4 Å². The van der Waals surface area contributed by atoms with Crippen molar-refractivity contribution in [3.63, 3.8) is 0 Å². The Morgan fingerprint density at radius 2 is 2.19 bits per heavy atom. The summed E-state index contributed by atoms with van der Waals surface area (Å²) in [5.74, 6) is 8.44. The lowest BCUT2D eigenvalue weighted by atomic mass is 9.95. The smallest absolute Gasteiger partial charge is 0.145 e. The van der Waals surface area contributed by atoms with E-state index in [1.807, 2.05) is 6.07 Å². The first-order valence-electron chi connectivity index (χ1n) is 7.55. The van der Waals surface area contributed by atoms with E-state index in [0.717, 1.165) is 37.8 Å². The molecule has 1 unspecified atom stereocenters. The van der Waals surface area contributed by atoms with Gasteiger partial charge in [0.05, 0.1) is 6.61 Å². The molecule has 1 fully saturated rings. The molecule has 0 spiro atoms. The van der Waals surface area contributed by atoms with E-state index in [1.54, 1.807) is 0 Å². The number of nitrogens with zero attached hydrogens (tertiary/aromatic N) is 3. The Labute approximate surface area is 127 Å². The molecule has 1 atom stereocenters. The molecule has 2 rings (SSSR count). The van der Waals surface area contributed by atoms with Gasteiger partial charge >= 0.3 is 0 Å². The van der Waals surface area contributed by atoms with Gasteiger partial charge in [-0.25, -0.2) is 15.8 Å². The van der Waals surface area contributed by atoms with Crippen LogP contribution in [-0.2, 0) is 10.2 Å². The number of hydrazine groups is 1. The van der Waals surface area contributed by atoms with Crippen molar-refractivity contribution in [1.82, 2.24) is 9.97 Å². The lowest BCUT2D eigenvalue weighted by Gasteiger charge is -2.28. The maximum absolute atomic E-state index is 5.55. The Balaban J connectivity index is 2.17. The van der Waals surface area contributed by atoms with E-state index >= 15 is 0 Å². The standard InChI is InChI=1S/C15H27N5O/c1-15(2,3)14-17-12(19-16)8-13(18-14)20(4)9-11-6-5-7-21-10-11/h8,11H,5-7,9-10,16H2,1-4H3,(H,17,18,19). The van der Waals surface area contributed by atoms with Gasteiger partial charge in [-0.3, -0.25) is 0 Å². The zero-order valence-electron chi connectivity index (χ0n) is 13.5. The molecule has 0 aromatic carbocycles. The Kier molecular flexibility index (Phi) is 5.00. The van der Waals surface area contributed by atoms with Crippen LogP contribution in [0, 0.1) is 5.92 Å². The highest BCUT2D eigenvalue weighted by Crippen LogP contribution is 2.24. The molecule has 0 radical (unpaired) electrons. The Morgan fingerprint density at radius 3 is 2.76 bits per heavy atom. The molecular weight excluding hydrogens is 266 g/mol. The van der Waals surface area contributed by atoms with E-state index in [0.29, 0.717) is 11.7 Å². The largest absolute Gasteiger partial charge is 0.381 e. The minimum absolute atomic E-state index is 0.115. The third-order valence-electron chi connectivity index (χ3n) is 3.71. The van der Waals surface area contributed by atoms with E-state index in [2.05, 4.69) is 43.1 Å². The summed E-state index contributed by atoms with van der Waals surface area (Å²) < 4.78 is 5.55. The van der Waals surface area contributed by atoms with Crippen LogP contribution in [-0.4, -0.2) is 36.8 Å². The molecular formula is C15H27N5O. The second kappa shape index (κ2) is 6.58. The summed E-state index contributed by atoms with van der Waals surface area (Å²) in [4.78, 5) is 11.3. The fourth-order valence-corrected chi connectivity index (χ4v) is 2.47. The summed E-state index contributed by atoms with van der Waals surface area (Å²) in [6, 6.07) is 1.89. The van der Waals surface area contributed by atoms with E-state index < -0.39 is 0 Å². The number of nitrogens with two attached hydrogens (primary N) is 1. The van der Waals surface area contributed by atoms with Gasteiger partial charge in [-0.15, -0.1) is 0 Å². The Bertz CT molecular complexity index is 466. The van der Waals surface area contributed by atoms with Crippen LogP contribution < -0.4 is 16.2 Å². The first kappa shape index (κ1) is 16.0. The summed E-state index contributed by atoms with van der Waals surface area (Å²) in [5, 5.41) is 0. The van der Waals surface area contributed by atoms with Crippen molar-refractivity contribution in [2.45, 2.75) is 39.0 Å². The SMILES string of the molecule is CN(CC1CCCOC1)c1cc(NN)nc(C(C)(C)C)n1. The molecule has 6 heteroatoms. The normalized spacial score (nSPS) is 19.4.